The maximum atomic E-state index is 11.0. The second-order valence-corrected chi connectivity index (χ2v) is 2.54. The van der Waals surface area contributed by atoms with Gasteiger partial charge in [-0.3, -0.25) is 4.79 Å². The predicted molar refractivity (Wildman–Crippen MR) is 68.0 cm³/mol. The number of carbonyl (C=O) groups is 2. The summed E-state index contributed by atoms with van der Waals surface area (Å²) < 4.78 is 0.723. The van der Waals surface area contributed by atoms with Gasteiger partial charge in [-0.05, 0) is 6.07 Å². The molecule has 13 heteroatoms. The summed E-state index contributed by atoms with van der Waals surface area (Å²) in [5.41, 5.74) is -0.870. The average molecular weight is 374 g/mol. The summed E-state index contributed by atoms with van der Waals surface area (Å²) in [5.74, 6) is -2.94. The maximum Gasteiger partial charge on any atom is 2.00 e. The van der Waals surface area contributed by atoms with E-state index in [0.29, 0.717) is 0 Å². The van der Waals surface area contributed by atoms with Crippen LogP contribution in [0.1, 0.15) is 10.4 Å². The fraction of sp³-hybridized carbons (Fsp3) is 0.125. The van der Waals surface area contributed by atoms with Gasteiger partial charge in [-0.1, -0.05) is 0 Å². The fourth-order valence-electron chi connectivity index (χ4n) is 0.915. The third-order valence-electron chi connectivity index (χ3n) is 1.52. The summed E-state index contributed by atoms with van der Waals surface area (Å²) in [5, 5.41) is 20.5. The summed E-state index contributed by atoms with van der Waals surface area (Å²) >= 11 is 0. The molecule has 1 rings (SSSR count). The molecule has 1 aromatic rings. The van der Waals surface area contributed by atoms with E-state index in [4.69, 9.17) is 0 Å². The first-order valence-electron chi connectivity index (χ1n) is 3.62. The maximum absolute atomic E-state index is 11.0. The Bertz CT molecular complexity index is 446. The van der Waals surface area contributed by atoms with Crippen LogP contribution in [0.4, 0.5) is 0 Å². The van der Waals surface area contributed by atoms with Crippen LogP contribution in [0.2, 0.25) is 0 Å². The monoisotopic (exact) mass is 372 g/mol. The molecule has 0 saturated heterocycles. The minimum absolute atomic E-state index is 0. The molecule has 0 aromatic carbocycles. The zero-order valence-corrected chi connectivity index (χ0v) is 14.0. The van der Waals surface area contributed by atoms with Gasteiger partial charge in [-0.15, -0.1) is 0 Å². The summed E-state index contributed by atoms with van der Waals surface area (Å²) in [6.45, 7) is -0.681. The zero-order chi connectivity index (χ0) is 10.7. The van der Waals surface area contributed by atoms with Crippen molar-refractivity contribution in [3.8, 4) is 0 Å². The van der Waals surface area contributed by atoms with Gasteiger partial charge < -0.3 is 57.2 Å². The first-order valence-corrected chi connectivity index (χ1v) is 3.62. The van der Waals surface area contributed by atoms with Crippen LogP contribution in [0.15, 0.2) is 23.1 Å². The Labute approximate surface area is 130 Å². The number of aromatic carboxylic acids is 1. The summed E-state index contributed by atoms with van der Waals surface area (Å²) in [6.07, 6.45) is 0.896. The molecule has 0 aliphatic heterocycles. The molecule has 1 heterocycles. The molecule has 0 aliphatic carbocycles. The Kier molecular flexibility index (Phi) is 37.2. The van der Waals surface area contributed by atoms with Crippen molar-refractivity contribution in [2.24, 2.45) is 0 Å². The van der Waals surface area contributed by atoms with E-state index in [-0.39, 0.29) is 57.9 Å². The predicted octanol–water partition coefficient (Wildman–Crippen LogP) is -8.47. The molecule has 0 spiro atoms. The van der Waals surface area contributed by atoms with Crippen molar-refractivity contribution in [2.75, 3.05) is 0 Å². The van der Waals surface area contributed by atoms with Crippen LogP contribution in [-0.4, -0.2) is 22.0 Å². The van der Waals surface area contributed by atoms with E-state index < -0.39 is 24.0 Å². The normalized spacial score (nSPS) is 6.48. The average Bonchev–Trinajstić information content (AvgIpc) is 2.07. The van der Waals surface area contributed by atoms with Crippen molar-refractivity contribution < 1.29 is 72.1 Å². The third kappa shape index (κ3) is 13.0. The number of pyridine rings is 1. The molecule has 0 fully saturated rings. The topological polar surface area (TPSA) is 299 Å². The van der Waals surface area contributed by atoms with Crippen LogP contribution in [-0.2, 0) is 58.2 Å². The van der Waals surface area contributed by atoms with Gasteiger partial charge in [0, 0.05) is 17.8 Å². The van der Waals surface area contributed by atoms with Crippen molar-refractivity contribution in [1.29, 1.82) is 0 Å². The molecule has 1 aromatic heterocycles. The standard InChI is InChI=1S/C8H7NO5.6H2O.Zn/c10-6-2-1-5(8(13)14)3-9(6)4-7(11)12;;;;;;;/h1-3H,4H2,(H,11,12)(H,13,14);6*1H2;/q;;;;;;;+2/p+3. The fourth-order valence-corrected chi connectivity index (χ4v) is 0.915. The van der Waals surface area contributed by atoms with Gasteiger partial charge in [0.25, 0.3) is 5.56 Å². The van der Waals surface area contributed by atoms with Gasteiger partial charge in [0.05, 0.1) is 18.5 Å². The smallest absolute Gasteiger partial charge is 0.548 e. The van der Waals surface area contributed by atoms with Gasteiger partial charge in [0.2, 0.25) is 0 Å². The molecular formula is C8H22NO11Zn+5. The first kappa shape index (κ1) is 42.7. The molecule has 0 aliphatic rings. The van der Waals surface area contributed by atoms with E-state index in [1.165, 1.54) is 0 Å². The number of rotatable bonds is 3. The second kappa shape index (κ2) is 18.3. The Morgan fingerprint density at radius 2 is 1.43 bits per heavy atom. The molecular weight excluding hydrogens is 351 g/mol. The Balaban J connectivity index is -0.0000000560. The third-order valence-corrected chi connectivity index (χ3v) is 1.52. The SMILES string of the molecule is O.O=C([O-])Cn1cc(C(=O)[O-])ccc1=O.[OH3+].[OH3+].[OH3+].[OH3+].[OH3+].[Zn+2]. The zero-order valence-electron chi connectivity index (χ0n) is 11.0. The summed E-state index contributed by atoms with van der Waals surface area (Å²) in [7, 11) is 0. The molecule has 12 nitrogen and oxygen atoms in total. The Morgan fingerprint density at radius 3 is 1.76 bits per heavy atom. The Hall–Kier alpha value is -1.73. The number of nitrogens with zero attached hydrogens (tertiary/aromatic N) is 1. The van der Waals surface area contributed by atoms with E-state index in [1.54, 1.807) is 0 Å². The number of aliphatic carboxylic acids is 1. The minimum atomic E-state index is -1.47. The number of aromatic nitrogens is 1. The molecule has 0 radical (unpaired) electrons. The summed E-state index contributed by atoms with van der Waals surface area (Å²) in [6, 6.07) is 2.00. The van der Waals surface area contributed by atoms with Crippen molar-refractivity contribution in [3.05, 3.63) is 34.2 Å². The Morgan fingerprint density at radius 1 is 1.00 bits per heavy atom. The van der Waals surface area contributed by atoms with Gasteiger partial charge in [-0.25, -0.2) is 0 Å². The molecule has 21 heavy (non-hydrogen) atoms. The molecule has 0 atom stereocenters. The molecule has 0 saturated carbocycles. The quantitative estimate of drug-likeness (QED) is 0.366. The number of carbonyl (C=O) groups excluding carboxylic acids is 2. The van der Waals surface area contributed by atoms with Crippen LogP contribution < -0.4 is 15.8 Å². The number of carboxylic acid groups (broad SMARTS) is 2. The second-order valence-electron chi connectivity index (χ2n) is 2.54. The number of hydrogen-bond acceptors (Lipinski definition) is 5. The number of hydrogen-bond donors (Lipinski definition) is 0. The minimum Gasteiger partial charge on any atom is -0.548 e. The van der Waals surface area contributed by atoms with Gasteiger partial charge in [0.1, 0.15) is 0 Å². The van der Waals surface area contributed by atoms with Crippen LogP contribution in [0.3, 0.4) is 0 Å². The molecule has 0 bridgehead atoms. The van der Waals surface area contributed by atoms with Gasteiger partial charge >= 0.3 is 19.5 Å². The van der Waals surface area contributed by atoms with Crippen LogP contribution in [0.25, 0.3) is 0 Å². The van der Waals surface area contributed by atoms with E-state index >= 15 is 0 Å². The van der Waals surface area contributed by atoms with Gasteiger partial charge in [-0.2, -0.15) is 0 Å². The molecule has 17 N–H and O–H groups in total. The van der Waals surface area contributed by atoms with Crippen LogP contribution >= 0.6 is 0 Å². The molecule has 122 valence electrons. The van der Waals surface area contributed by atoms with E-state index in [2.05, 4.69) is 0 Å². The van der Waals surface area contributed by atoms with Crippen LogP contribution in [0.5, 0.6) is 0 Å². The number of carboxylic acids is 2. The van der Waals surface area contributed by atoms with Crippen molar-refractivity contribution in [2.45, 2.75) is 6.54 Å². The van der Waals surface area contributed by atoms with E-state index in [1.807, 2.05) is 0 Å². The van der Waals surface area contributed by atoms with Gasteiger partial charge in [0.15, 0.2) is 0 Å². The molecule has 0 amide bonds. The van der Waals surface area contributed by atoms with Crippen molar-refractivity contribution in [1.82, 2.24) is 4.57 Å². The molecule has 0 unspecified atom stereocenters. The largest absolute Gasteiger partial charge is 2.00 e. The first-order chi connectivity index (χ1) is 6.50. The van der Waals surface area contributed by atoms with Crippen LogP contribution in [0, 0.1) is 0 Å². The van der Waals surface area contributed by atoms with E-state index in [9.17, 15) is 24.6 Å². The van der Waals surface area contributed by atoms with E-state index in [0.717, 1.165) is 22.9 Å². The summed E-state index contributed by atoms with van der Waals surface area (Å²) in [4.78, 5) is 31.5. The van der Waals surface area contributed by atoms with Crippen molar-refractivity contribution >= 4 is 11.9 Å². The van der Waals surface area contributed by atoms with Crippen molar-refractivity contribution in [3.63, 3.8) is 0 Å².